The lowest BCUT2D eigenvalue weighted by molar-refractivity contribution is -0.119. The van der Waals surface area contributed by atoms with Crippen LogP contribution in [0.1, 0.15) is 35.4 Å². The zero-order chi connectivity index (χ0) is 20.6. The van der Waals surface area contributed by atoms with Gasteiger partial charge in [-0.3, -0.25) is 14.6 Å². The minimum absolute atomic E-state index is 0.251. The van der Waals surface area contributed by atoms with Gasteiger partial charge in [-0.15, -0.1) is 0 Å². The summed E-state index contributed by atoms with van der Waals surface area (Å²) in [6.07, 6.45) is 3.91. The smallest absolute Gasteiger partial charge is 0.291 e. The van der Waals surface area contributed by atoms with Crippen molar-refractivity contribution in [3.05, 3.63) is 54.0 Å². The summed E-state index contributed by atoms with van der Waals surface area (Å²) in [7, 11) is 1.76. The first-order valence-corrected chi connectivity index (χ1v) is 9.73. The third-order valence-corrected chi connectivity index (χ3v) is 4.93. The number of hydrogen-bond acceptors (Lipinski definition) is 4. The molecular formula is C21H27N5O3. The van der Waals surface area contributed by atoms with E-state index in [1.54, 1.807) is 19.2 Å². The number of nitrogens with two attached hydrogens (primary N) is 1. The first-order valence-electron chi connectivity index (χ1n) is 9.73. The van der Waals surface area contributed by atoms with Crippen molar-refractivity contribution >= 4 is 23.5 Å². The van der Waals surface area contributed by atoms with Gasteiger partial charge in [-0.1, -0.05) is 12.1 Å². The number of carbonyl (C=O) groups is 2. The quantitative estimate of drug-likeness (QED) is 0.511. The van der Waals surface area contributed by atoms with E-state index in [1.165, 1.54) is 6.26 Å². The number of furan rings is 1. The number of benzene rings is 1. The predicted molar refractivity (Wildman–Crippen MR) is 111 cm³/mol. The summed E-state index contributed by atoms with van der Waals surface area (Å²) in [6.45, 7) is 2.29. The van der Waals surface area contributed by atoms with Crippen molar-refractivity contribution in [2.24, 2.45) is 16.6 Å². The summed E-state index contributed by atoms with van der Waals surface area (Å²) in [5.74, 6) is 0.831. The summed E-state index contributed by atoms with van der Waals surface area (Å²) >= 11 is 0. The molecule has 0 bridgehead atoms. The maximum Gasteiger partial charge on any atom is 0.291 e. The molecule has 154 valence electrons. The molecule has 8 nitrogen and oxygen atoms in total. The first kappa shape index (κ1) is 20.4. The van der Waals surface area contributed by atoms with Crippen LogP contribution in [-0.2, 0) is 11.3 Å². The van der Waals surface area contributed by atoms with Gasteiger partial charge < -0.3 is 25.7 Å². The number of hydrogen-bond donors (Lipinski definition) is 3. The van der Waals surface area contributed by atoms with Gasteiger partial charge in [0.25, 0.3) is 5.91 Å². The number of nitrogens with one attached hydrogen (secondary N) is 2. The average molecular weight is 397 g/mol. The molecule has 2 aromatic rings. The van der Waals surface area contributed by atoms with Crippen LogP contribution in [0.5, 0.6) is 0 Å². The molecule has 3 rings (SSSR count). The minimum Gasteiger partial charge on any atom is -0.459 e. The Kier molecular flexibility index (Phi) is 6.89. The number of anilines is 1. The lowest BCUT2D eigenvalue weighted by Gasteiger charge is -2.34. The standard InChI is InChI=1S/C21H27N5O3/c1-23-21(26-10-2-4-16(14-26)12-19(22)27)24-13-15-6-8-17(9-7-15)25-20(28)18-5-3-11-29-18/h3,5-9,11,16H,2,4,10,12-14H2,1H3,(H2,22,27)(H,23,24)(H,25,28). The van der Waals surface area contributed by atoms with Crippen molar-refractivity contribution in [3.8, 4) is 0 Å². The van der Waals surface area contributed by atoms with Crippen LogP contribution in [0.25, 0.3) is 0 Å². The summed E-state index contributed by atoms with van der Waals surface area (Å²) in [5, 5.41) is 6.17. The van der Waals surface area contributed by atoms with E-state index in [2.05, 4.69) is 20.5 Å². The van der Waals surface area contributed by atoms with Crippen molar-refractivity contribution in [2.75, 3.05) is 25.5 Å². The molecule has 2 amide bonds. The Morgan fingerprint density at radius 2 is 2.07 bits per heavy atom. The fourth-order valence-electron chi connectivity index (χ4n) is 3.53. The van der Waals surface area contributed by atoms with E-state index >= 15 is 0 Å². The SMILES string of the molecule is CN=C(NCc1ccc(NC(=O)c2ccco2)cc1)N1CCCC(CC(N)=O)C1. The number of carbonyl (C=O) groups excluding carboxylic acids is 2. The molecule has 1 fully saturated rings. The van der Waals surface area contributed by atoms with Crippen molar-refractivity contribution in [2.45, 2.75) is 25.8 Å². The molecule has 1 aliphatic rings. The lowest BCUT2D eigenvalue weighted by Crippen LogP contribution is -2.46. The monoisotopic (exact) mass is 397 g/mol. The molecule has 29 heavy (non-hydrogen) atoms. The van der Waals surface area contributed by atoms with E-state index < -0.39 is 0 Å². The Balaban J connectivity index is 1.52. The topological polar surface area (TPSA) is 113 Å². The second kappa shape index (κ2) is 9.77. The van der Waals surface area contributed by atoms with E-state index in [4.69, 9.17) is 10.2 Å². The Hall–Kier alpha value is -3.29. The van der Waals surface area contributed by atoms with Gasteiger partial charge in [0.2, 0.25) is 5.91 Å². The highest BCUT2D eigenvalue weighted by Crippen LogP contribution is 2.19. The molecule has 1 unspecified atom stereocenters. The minimum atomic E-state index is -0.281. The molecular weight excluding hydrogens is 370 g/mol. The van der Waals surface area contributed by atoms with Crippen LogP contribution in [0.4, 0.5) is 5.69 Å². The van der Waals surface area contributed by atoms with Gasteiger partial charge in [-0.25, -0.2) is 0 Å². The van der Waals surface area contributed by atoms with Gasteiger partial charge in [0.05, 0.1) is 6.26 Å². The number of likely N-dealkylation sites (tertiary alicyclic amines) is 1. The molecule has 1 aromatic heterocycles. The number of primary amides is 1. The third-order valence-electron chi connectivity index (χ3n) is 4.93. The number of aliphatic imine (C=N–C) groups is 1. The number of nitrogens with zero attached hydrogens (tertiary/aromatic N) is 2. The highest BCUT2D eigenvalue weighted by molar-refractivity contribution is 6.02. The zero-order valence-corrected chi connectivity index (χ0v) is 16.6. The van der Waals surface area contributed by atoms with E-state index in [9.17, 15) is 9.59 Å². The van der Waals surface area contributed by atoms with Crippen LogP contribution in [0.15, 0.2) is 52.1 Å². The first-order chi connectivity index (χ1) is 14.0. The molecule has 4 N–H and O–H groups in total. The number of guanidine groups is 1. The third kappa shape index (κ3) is 5.84. The fraction of sp³-hybridized carbons (Fsp3) is 0.381. The largest absolute Gasteiger partial charge is 0.459 e. The number of piperidine rings is 1. The predicted octanol–water partition coefficient (Wildman–Crippen LogP) is 2.19. The van der Waals surface area contributed by atoms with Gasteiger partial charge in [-0.05, 0) is 48.6 Å². The second-order valence-corrected chi connectivity index (χ2v) is 7.15. The normalized spacial score (nSPS) is 17.1. The summed E-state index contributed by atoms with van der Waals surface area (Å²) in [6, 6.07) is 10.9. The van der Waals surface area contributed by atoms with E-state index in [0.29, 0.717) is 18.7 Å². The van der Waals surface area contributed by atoms with Gasteiger partial charge in [0, 0.05) is 38.8 Å². The van der Waals surface area contributed by atoms with Crippen LogP contribution in [0.2, 0.25) is 0 Å². The molecule has 0 aliphatic carbocycles. The van der Waals surface area contributed by atoms with Crippen LogP contribution in [-0.4, -0.2) is 42.8 Å². The van der Waals surface area contributed by atoms with E-state index in [0.717, 1.165) is 37.5 Å². The Morgan fingerprint density at radius 1 is 1.28 bits per heavy atom. The van der Waals surface area contributed by atoms with Crippen LogP contribution < -0.4 is 16.4 Å². The van der Waals surface area contributed by atoms with E-state index in [1.807, 2.05) is 24.3 Å². The maximum atomic E-state index is 12.0. The summed E-state index contributed by atoms with van der Waals surface area (Å²) in [4.78, 5) is 29.8. The van der Waals surface area contributed by atoms with Gasteiger partial charge in [-0.2, -0.15) is 0 Å². The van der Waals surface area contributed by atoms with Crippen molar-refractivity contribution in [3.63, 3.8) is 0 Å². The Morgan fingerprint density at radius 3 is 2.72 bits per heavy atom. The molecule has 1 atom stereocenters. The molecule has 1 saturated heterocycles. The lowest BCUT2D eigenvalue weighted by atomic mass is 9.95. The summed E-state index contributed by atoms with van der Waals surface area (Å²) in [5.41, 5.74) is 7.11. The molecule has 2 heterocycles. The molecule has 0 radical (unpaired) electrons. The highest BCUT2D eigenvalue weighted by atomic mass is 16.3. The maximum absolute atomic E-state index is 12.0. The number of amides is 2. The molecule has 1 aliphatic heterocycles. The average Bonchev–Trinajstić information content (AvgIpc) is 3.24. The molecule has 0 saturated carbocycles. The second-order valence-electron chi connectivity index (χ2n) is 7.15. The van der Waals surface area contributed by atoms with Crippen molar-refractivity contribution < 1.29 is 14.0 Å². The van der Waals surface area contributed by atoms with Gasteiger partial charge >= 0.3 is 0 Å². The van der Waals surface area contributed by atoms with Crippen LogP contribution >= 0.6 is 0 Å². The molecule has 0 spiro atoms. The number of rotatable bonds is 6. The zero-order valence-electron chi connectivity index (χ0n) is 16.6. The highest BCUT2D eigenvalue weighted by Gasteiger charge is 2.23. The summed E-state index contributed by atoms with van der Waals surface area (Å²) < 4.78 is 5.09. The molecule has 1 aromatic carbocycles. The van der Waals surface area contributed by atoms with Crippen LogP contribution in [0.3, 0.4) is 0 Å². The fourth-order valence-corrected chi connectivity index (χ4v) is 3.53. The Bertz CT molecular complexity index is 846. The molecule has 8 heteroatoms. The van der Waals surface area contributed by atoms with Gasteiger partial charge in [0.1, 0.15) is 0 Å². The van der Waals surface area contributed by atoms with Crippen molar-refractivity contribution in [1.29, 1.82) is 0 Å². The van der Waals surface area contributed by atoms with E-state index in [-0.39, 0.29) is 23.5 Å². The van der Waals surface area contributed by atoms with Crippen LogP contribution in [0, 0.1) is 5.92 Å². The van der Waals surface area contributed by atoms with Crippen molar-refractivity contribution in [1.82, 2.24) is 10.2 Å². The Labute approximate surface area is 170 Å². The van der Waals surface area contributed by atoms with Gasteiger partial charge in [0.15, 0.2) is 11.7 Å².